The van der Waals surface area contributed by atoms with Gasteiger partial charge >= 0.3 is 0 Å². The Morgan fingerprint density at radius 2 is 2.05 bits per heavy atom. The fourth-order valence-electron chi connectivity index (χ4n) is 2.35. The van der Waals surface area contributed by atoms with Gasteiger partial charge in [0.25, 0.3) is 5.91 Å². The second kappa shape index (κ2) is 6.20. The molecule has 0 unspecified atom stereocenters. The maximum atomic E-state index is 12.2. The second-order valence-corrected chi connectivity index (χ2v) is 5.76. The number of benzene rings is 2. The largest absolute Gasteiger partial charge is 0.489 e. The molecule has 1 N–H and O–H groups in total. The van der Waals surface area contributed by atoms with Crippen LogP contribution in [0.5, 0.6) is 5.75 Å². The highest BCUT2D eigenvalue weighted by Crippen LogP contribution is 2.35. The molecule has 3 rings (SSSR count). The molecule has 0 atom stereocenters. The molecule has 0 radical (unpaired) electrons. The van der Waals surface area contributed by atoms with Gasteiger partial charge in [0, 0.05) is 26.9 Å². The summed E-state index contributed by atoms with van der Waals surface area (Å²) >= 11 is 3.46. The number of rotatable bonds is 4. The van der Waals surface area contributed by atoms with Crippen molar-refractivity contribution in [3.05, 3.63) is 70.7 Å². The van der Waals surface area contributed by atoms with Gasteiger partial charge in [0.1, 0.15) is 12.4 Å². The fourth-order valence-corrected chi connectivity index (χ4v) is 2.73. The number of hydrogen-bond donors (Lipinski definition) is 1. The molecule has 0 aromatic heterocycles. The molecular weight excluding hydrogens is 342 g/mol. The average Bonchev–Trinajstić information content (AvgIpc) is 2.83. The van der Waals surface area contributed by atoms with Crippen molar-refractivity contribution in [3.63, 3.8) is 0 Å². The van der Waals surface area contributed by atoms with E-state index >= 15 is 0 Å². The standard InChI is InChI=1S/C18H14BrNO2/c1-2-9-22-17-8-7-13(19)10-12(17)11-15-14-5-3-4-6-16(14)20-18(15)21/h2-8,10-11H,1,9H2,(H,20,21)/b15-11-. The molecule has 1 aliphatic rings. The highest BCUT2D eigenvalue weighted by atomic mass is 79.9. The van der Waals surface area contributed by atoms with E-state index in [9.17, 15) is 4.79 Å². The molecular formula is C18H14BrNO2. The molecule has 0 saturated heterocycles. The van der Waals surface area contributed by atoms with E-state index in [1.807, 2.05) is 48.5 Å². The van der Waals surface area contributed by atoms with Crippen molar-refractivity contribution in [2.45, 2.75) is 0 Å². The van der Waals surface area contributed by atoms with Crippen molar-refractivity contribution >= 4 is 39.2 Å². The zero-order valence-electron chi connectivity index (χ0n) is 11.8. The number of hydrogen-bond acceptors (Lipinski definition) is 2. The first kappa shape index (κ1) is 14.6. The predicted octanol–water partition coefficient (Wildman–Crippen LogP) is 4.51. The quantitative estimate of drug-likeness (QED) is 0.647. The summed E-state index contributed by atoms with van der Waals surface area (Å²) in [7, 11) is 0. The lowest BCUT2D eigenvalue weighted by Crippen LogP contribution is -2.03. The zero-order chi connectivity index (χ0) is 15.5. The lowest BCUT2D eigenvalue weighted by molar-refractivity contribution is -0.110. The van der Waals surface area contributed by atoms with E-state index in [0.717, 1.165) is 21.3 Å². The summed E-state index contributed by atoms with van der Waals surface area (Å²) in [5, 5.41) is 2.87. The molecule has 0 spiro atoms. The zero-order valence-corrected chi connectivity index (χ0v) is 13.4. The Labute approximate surface area is 137 Å². The van der Waals surface area contributed by atoms with Crippen molar-refractivity contribution in [2.75, 3.05) is 11.9 Å². The van der Waals surface area contributed by atoms with Crippen LogP contribution in [0.25, 0.3) is 11.6 Å². The monoisotopic (exact) mass is 355 g/mol. The summed E-state index contributed by atoms with van der Waals surface area (Å²) < 4.78 is 6.59. The van der Waals surface area contributed by atoms with Crippen LogP contribution in [-0.4, -0.2) is 12.5 Å². The lowest BCUT2D eigenvalue weighted by Gasteiger charge is -2.08. The third-order valence-electron chi connectivity index (χ3n) is 3.34. The number of carbonyl (C=O) groups is 1. The van der Waals surface area contributed by atoms with E-state index in [0.29, 0.717) is 17.9 Å². The van der Waals surface area contributed by atoms with Crippen LogP contribution in [0.15, 0.2) is 59.6 Å². The van der Waals surface area contributed by atoms with Crippen LogP contribution in [0, 0.1) is 0 Å². The van der Waals surface area contributed by atoms with Crippen molar-refractivity contribution in [1.29, 1.82) is 0 Å². The summed E-state index contributed by atoms with van der Waals surface area (Å²) in [6.07, 6.45) is 3.54. The number of amides is 1. The van der Waals surface area contributed by atoms with Gasteiger partial charge < -0.3 is 10.1 Å². The Kier molecular flexibility index (Phi) is 4.11. The third-order valence-corrected chi connectivity index (χ3v) is 3.83. The maximum absolute atomic E-state index is 12.2. The van der Waals surface area contributed by atoms with E-state index in [1.165, 1.54) is 0 Å². The Balaban J connectivity index is 2.06. The third kappa shape index (κ3) is 2.83. The predicted molar refractivity (Wildman–Crippen MR) is 92.8 cm³/mol. The molecule has 2 aromatic rings. The van der Waals surface area contributed by atoms with Crippen LogP contribution < -0.4 is 10.1 Å². The molecule has 22 heavy (non-hydrogen) atoms. The van der Waals surface area contributed by atoms with Crippen molar-refractivity contribution in [3.8, 4) is 5.75 Å². The first-order valence-electron chi connectivity index (χ1n) is 6.85. The van der Waals surface area contributed by atoms with Gasteiger partial charge in [-0.1, -0.05) is 46.8 Å². The molecule has 0 bridgehead atoms. The van der Waals surface area contributed by atoms with Gasteiger partial charge in [-0.2, -0.15) is 0 Å². The van der Waals surface area contributed by atoms with Crippen LogP contribution in [0.1, 0.15) is 11.1 Å². The smallest absolute Gasteiger partial charge is 0.256 e. The fraction of sp³-hybridized carbons (Fsp3) is 0.0556. The lowest BCUT2D eigenvalue weighted by atomic mass is 10.0. The number of anilines is 1. The molecule has 4 heteroatoms. The average molecular weight is 356 g/mol. The van der Waals surface area contributed by atoms with Crippen LogP contribution >= 0.6 is 15.9 Å². The van der Waals surface area contributed by atoms with E-state index in [-0.39, 0.29) is 5.91 Å². The van der Waals surface area contributed by atoms with E-state index in [4.69, 9.17) is 4.74 Å². The van der Waals surface area contributed by atoms with Crippen LogP contribution in [0.3, 0.4) is 0 Å². The van der Waals surface area contributed by atoms with E-state index < -0.39 is 0 Å². The minimum Gasteiger partial charge on any atom is -0.489 e. The molecule has 1 heterocycles. The molecule has 0 aliphatic carbocycles. The minimum atomic E-state index is -0.101. The van der Waals surface area contributed by atoms with Crippen LogP contribution in [0.4, 0.5) is 5.69 Å². The van der Waals surface area contributed by atoms with Gasteiger partial charge in [0.2, 0.25) is 0 Å². The normalized spacial score (nSPS) is 14.6. The van der Waals surface area contributed by atoms with Gasteiger partial charge in [-0.3, -0.25) is 4.79 Å². The van der Waals surface area contributed by atoms with Gasteiger partial charge in [-0.25, -0.2) is 0 Å². The number of carbonyl (C=O) groups excluding carboxylic acids is 1. The topological polar surface area (TPSA) is 38.3 Å². The van der Waals surface area contributed by atoms with Crippen LogP contribution in [-0.2, 0) is 4.79 Å². The van der Waals surface area contributed by atoms with Crippen LogP contribution in [0.2, 0.25) is 0 Å². The first-order valence-corrected chi connectivity index (χ1v) is 7.64. The van der Waals surface area contributed by atoms with Crippen molar-refractivity contribution < 1.29 is 9.53 Å². The summed E-state index contributed by atoms with van der Waals surface area (Å²) in [4.78, 5) is 12.2. The Morgan fingerprint density at radius 1 is 1.23 bits per heavy atom. The summed E-state index contributed by atoms with van der Waals surface area (Å²) in [5.41, 5.74) is 3.22. The Bertz CT molecular complexity index is 780. The second-order valence-electron chi connectivity index (χ2n) is 4.84. The number of nitrogens with one attached hydrogen (secondary N) is 1. The van der Waals surface area contributed by atoms with Crippen molar-refractivity contribution in [2.24, 2.45) is 0 Å². The van der Waals surface area contributed by atoms with E-state index in [1.54, 1.807) is 6.08 Å². The van der Waals surface area contributed by atoms with Gasteiger partial charge in [-0.05, 0) is 30.3 Å². The number of ether oxygens (including phenoxy) is 1. The Morgan fingerprint density at radius 3 is 2.86 bits per heavy atom. The number of halogens is 1. The molecule has 3 nitrogen and oxygen atoms in total. The van der Waals surface area contributed by atoms with Crippen molar-refractivity contribution in [1.82, 2.24) is 0 Å². The number of para-hydroxylation sites is 1. The highest BCUT2D eigenvalue weighted by molar-refractivity contribution is 9.10. The molecule has 110 valence electrons. The molecule has 2 aromatic carbocycles. The molecule has 1 amide bonds. The minimum absolute atomic E-state index is 0.101. The molecule has 0 saturated carbocycles. The summed E-state index contributed by atoms with van der Waals surface area (Å²) in [6.45, 7) is 4.07. The Hall–Kier alpha value is -2.33. The number of fused-ring (bicyclic) bond motifs is 1. The molecule has 1 aliphatic heterocycles. The maximum Gasteiger partial charge on any atom is 0.256 e. The summed E-state index contributed by atoms with van der Waals surface area (Å²) in [5.74, 6) is 0.614. The van der Waals surface area contributed by atoms with Gasteiger partial charge in [0.15, 0.2) is 0 Å². The van der Waals surface area contributed by atoms with Gasteiger partial charge in [0.05, 0.1) is 0 Å². The summed E-state index contributed by atoms with van der Waals surface area (Å²) in [6, 6.07) is 13.4. The first-order chi connectivity index (χ1) is 10.7. The SMILES string of the molecule is C=CCOc1ccc(Br)cc1/C=C1\C(=O)Nc2ccccc21. The van der Waals surface area contributed by atoms with Gasteiger partial charge in [-0.15, -0.1) is 0 Å². The highest BCUT2D eigenvalue weighted by Gasteiger charge is 2.23. The molecule has 0 fully saturated rings. The van der Waals surface area contributed by atoms with E-state index in [2.05, 4.69) is 27.8 Å².